The first-order valence-electron chi connectivity index (χ1n) is 12.7. The van der Waals surface area contributed by atoms with E-state index in [0.29, 0.717) is 5.65 Å². The van der Waals surface area contributed by atoms with E-state index in [9.17, 15) is 0 Å². The molecule has 1 aromatic carbocycles. The predicted molar refractivity (Wildman–Crippen MR) is 157 cm³/mol. The molecule has 6 nitrogen and oxygen atoms in total. The zero-order chi connectivity index (χ0) is 26.5. The van der Waals surface area contributed by atoms with Gasteiger partial charge >= 0.3 is 0 Å². The Bertz CT molecular complexity index is 1740. The number of allylic oxidation sites excluding steroid dienone is 5. The maximum absolute atomic E-state index is 4.65. The van der Waals surface area contributed by atoms with Crippen LogP contribution in [0.15, 0.2) is 91.2 Å². The van der Waals surface area contributed by atoms with Gasteiger partial charge < -0.3 is 10.3 Å². The number of aromatic nitrogens is 5. The molecule has 6 heteroatoms. The van der Waals surface area contributed by atoms with Gasteiger partial charge in [-0.1, -0.05) is 44.1 Å². The Hall–Kier alpha value is -4.89. The summed E-state index contributed by atoms with van der Waals surface area (Å²) in [7, 11) is 0. The largest absolute Gasteiger partial charge is 0.353 e. The molecule has 38 heavy (non-hydrogen) atoms. The number of nitrogens with one attached hydrogen (secondary N) is 3. The number of rotatable bonds is 8. The quantitative estimate of drug-likeness (QED) is 0.154. The summed E-state index contributed by atoms with van der Waals surface area (Å²) in [6.07, 6.45) is 11.5. The number of pyridine rings is 2. The van der Waals surface area contributed by atoms with E-state index < -0.39 is 0 Å². The number of H-pyrrole nitrogens is 2. The molecule has 0 atom stereocenters. The Morgan fingerprint density at radius 2 is 1.97 bits per heavy atom. The number of nitrogens with zero attached hydrogens (tertiary/aromatic N) is 3. The van der Waals surface area contributed by atoms with Crippen LogP contribution < -0.4 is 5.32 Å². The second-order valence-electron chi connectivity index (χ2n) is 9.04. The molecule has 3 N–H and O–H groups in total. The minimum Gasteiger partial charge on any atom is -0.353 e. The van der Waals surface area contributed by atoms with Gasteiger partial charge in [0.2, 0.25) is 0 Å². The summed E-state index contributed by atoms with van der Waals surface area (Å²) in [6.45, 7) is 10.1. The molecule has 5 aromatic rings. The fourth-order valence-electron chi connectivity index (χ4n) is 4.62. The van der Waals surface area contributed by atoms with Crippen molar-refractivity contribution in [1.29, 1.82) is 0 Å². The number of fused-ring (bicyclic) bond motifs is 2. The monoisotopic (exact) mass is 498 g/mol. The molecule has 0 radical (unpaired) electrons. The van der Waals surface area contributed by atoms with Gasteiger partial charge in [-0.25, -0.2) is 4.98 Å². The van der Waals surface area contributed by atoms with E-state index in [2.05, 4.69) is 92.2 Å². The van der Waals surface area contributed by atoms with Crippen LogP contribution >= 0.6 is 0 Å². The van der Waals surface area contributed by atoms with Crippen molar-refractivity contribution < 1.29 is 0 Å². The average molecular weight is 499 g/mol. The molecule has 0 aliphatic carbocycles. The Kier molecular flexibility index (Phi) is 7.19. The van der Waals surface area contributed by atoms with E-state index in [0.717, 1.165) is 74.2 Å². The molecular formula is C32H30N6. The number of hydrogen-bond donors (Lipinski definition) is 3. The minimum absolute atomic E-state index is 0.666. The Morgan fingerprint density at radius 3 is 2.74 bits per heavy atom. The minimum atomic E-state index is 0.666. The Balaban J connectivity index is 1.55. The van der Waals surface area contributed by atoms with E-state index in [4.69, 9.17) is 0 Å². The summed E-state index contributed by atoms with van der Waals surface area (Å²) in [5, 5.41) is 13.1. The molecule has 0 aliphatic rings. The molecule has 0 spiro atoms. The molecule has 0 amide bonds. The van der Waals surface area contributed by atoms with Crippen LogP contribution in [0.3, 0.4) is 0 Å². The second-order valence-corrected chi connectivity index (χ2v) is 9.04. The molecule has 188 valence electrons. The van der Waals surface area contributed by atoms with Gasteiger partial charge in [0.1, 0.15) is 0 Å². The van der Waals surface area contributed by atoms with Crippen molar-refractivity contribution in [3.8, 4) is 34.4 Å². The molecule has 5 rings (SSSR count). The van der Waals surface area contributed by atoms with E-state index in [1.54, 1.807) is 0 Å². The van der Waals surface area contributed by atoms with E-state index >= 15 is 0 Å². The van der Waals surface area contributed by atoms with Crippen molar-refractivity contribution in [2.24, 2.45) is 0 Å². The average Bonchev–Trinajstić information content (AvgIpc) is 3.56. The molecule has 0 saturated carbocycles. The molecular weight excluding hydrogens is 468 g/mol. The topological polar surface area (TPSA) is 82.3 Å². The summed E-state index contributed by atoms with van der Waals surface area (Å²) in [4.78, 5) is 12.4. The van der Waals surface area contributed by atoms with Crippen LogP contribution in [0.2, 0.25) is 0 Å². The van der Waals surface area contributed by atoms with Crippen molar-refractivity contribution in [3.63, 3.8) is 0 Å². The molecule has 0 aliphatic heterocycles. The van der Waals surface area contributed by atoms with E-state index in [-0.39, 0.29) is 0 Å². The van der Waals surface area contributed by atoms with E-state index in [1.165, 1.54) is 0 Å². The third-order valence-corrected chi connectivity index (χ3v) is 6.40. The van der Waals surface area contributed by atoms with Crippen LogP contribution in [0.4, 0.5) is 0 Å². The van der Waals surface area contributed by atoms with Gasteiger partial charge in [0.25, 0.3) is 0 Å². The second kappa shape index (κ2) is 11.0. The Morgan fingerprint density at radius 1 is 1.13 bits per heavy atom. The lowest BCUT2D eigenvalue weighted by Crippen LogP contribution is -2.10. The van der Waals surface area contributed by atoms with Gasteiger partial charge in [-0.05, 0) is 79.3 Å². The number of aromatic amines is 2. The van der Waals surface area contributed by atoms with E-state index in [1.807, 2.05) is 50.6 Å². The van der Waals surface area contributed by atoms with Crippen LogP contribution in [0.1, 0.15) is 39.2 Å². The van der Waals surface area contributed by atoms with Crippen molar-refractivity contribution >= 4 is 27.5 Å². The first-order chi connectivity index (χ1) is 18.6. The summed E-state index contributed by atoms with van der Waals surface area (Å²) >= 11 is 0. The summed E-state index contributed by atoms with van der Waals surface area (Å²) < 4.78 is 0. The van der Waals surface area contributed by atoms with Gasteiger partial charge in [0, 0.05) is 46.1 Å². The van der Waals surface area contributed by atoms with Crippen LogP contribution in [-0.4, -0.2) is 25.1 Å². The first-order valence-corrected chi connectivity index (χ1v) is 12.7. The lowest BCUT2D eigenvalue weighted by atomic mass is 10.0. The normalized spacial score (nSPS) is 12.0. The summed E-state index contributed by atoms with van der Waals surface area (Å²) in [6, 6.07) is 14.6. The van der Waals surface area contributed by atoms with Crippen LogP contribution in [-0.2, 0) is 0 Å². The third-order valence-electron chi connectivity index (χ3n) is 6.40. The van der Waals surface area contributed by atoms with Gasteiger partial charge in [-0.3, -0.25) is 10.1 Å². The van der Waals surface area contributed by atoms with Crippen LogP contribution in [0, 0.1) is 11.8 Å². The first kappa shape index (κ1) is 24.8. The maximum Gasteiger partial charge on any atom is 0.181 e. The van der Waals surface area contributed by atoms with Crippen LogP contribution in [0.5, 0.6) is 0 Å². The van der Waals surface area contributed by atoms with Gasteiger partial charge in [0.05, 0.1) is 17.1 Å². The zero-order valence-electron chi connectivity index (χ0n) is 21.9. The predicted octanol–water partition coefficient (Wildman–Crippen LogP) is 7.38. The highest BCUT2D eigenvalue weighted by atomic mass is 15.2. The molecule has 4 aromatic heterocycles. The highest BCUT2D eigenvalue weighted by Gasteiger charge is 2.15. The summed E-state index contributed by atoms with van der Waals surface area (Å²) in [5.74, 6) is 6.15. The lowest BCUT2D eigenvalue weighted by Gasteiger charge is -2.10. The van der Waals surface area contributed by atoms with Gasteiger partial charge in [0.15, 0.2) is 5.65 Å². The van der Waals surface area contributed by atoms with Crippen LogP contribution in [0.25, 0.3) is 50.0 Å². The third kappa shape index (κ3) is 5.00. The zero-order valence-corrected chi connectivity index (χ0v) is 21.9. The van der Waals surface area contributed by atoms with Gasteiger partial charge in [-0.15, -0.1) is 0 Å². The highest BCUT2D eigenvalue weighted by Crippen LogP contribution is 2.34. The summed E-state index contributed by atoms with van der Waals surface area (Å²) in [5.41, 5.74) is 9.60. The fraction of sp³-hybridized carbons (Fsp3) is 0.156. The van der Waals surface area contributed by atoms with Crippen molar-refractivity contribution in [2.45, 2.75) is 33.6 Å². The molecule has 4 heterocycles. The molecule has 0 unspecified atom stereocenters. The Labute approximate surface area is 222 Å². The smallest absolute Gasteiger partial charge is 0.181 e. The number of hydrogen-bond acceptors (Lipinski definition) is 4. The number of benzene rings is 1. The SMILES string of the molecule is C=C(CCC)N/C(C#CC)=C/C(=C\C)c1cnc2n[nH]c(-c3cc4c(-c5ccncc5)cccc4[nH]3)c2c1. The lowest BCUT2D eigenvalue weighted by molar-refractivity contribution is 0.832. The molecule has 0 fully saturated rings. The van der Waals surface area contributed by atoms with Crippen molar-refractivity contribution in [2.75, 3.05) is 0 Å². The maximum atomic E-state index is 4.65. The standard InChI is InChI=1S/C32H30N6/c1-5-9-21(4)35-25(10-6-2)17-22(7-3)24-18-28-31(37-38-32(28)34-20-24)30-19-27-26(11-8-12-29(27)36-30)23-13-15-33-16-14-23/h7-8,11-20,35-36H,4-5,9H2,1-3H3,(H,34,37,38)/b22-7+,25-17+. The van der Waals surface area contributed by atoms with Crippen molar-refractivity contribution in [3.05, 3.63) is 96.7 Å². The molecule has 0 bridgehead atoms. The van der Waals surface area contributed by atoms with Gasteiger partial charge in [-0.2, -0.15) is 5.10 Å². The highest BCUT2D eigenvalue weighted by molar-refractivity contribution is 6.01. The fourth-order valence-corrected chi connectivity index (χ4v) is 4.62. The van der Waals surface area contributed by atoms with Crippen molar-refractivity contribution in [1.82, 2.24) is 30.5 Å². The molecule has 0 saturated heterocycles.